The first-order chi connectivity index (χ1) is 13.6. The number of hydrogen-bond donors (Lipinski definition) is 2. The molecular formula is C22H24N2O3S. The van der Waals surface area contributed by atoms with Gasteiger partial charge in [0.1, 0.15) is 11.5 Å². The number of benzene rings is 3. The molecule has 0 radical (unpaired) electrons. The van der Waals surface area contributed by atoms with Gasteiger partial charge in [-0.05, 0) is 41.5 Å². The molecule has 0 aliphatic heterocycles. The van der Waals surface area contributed by atoms with Crippen molar-refractivity contribution in [2.75, 3.05) is 4.31 Å². The number of hydrogen-bond acceptors (Lipinski definition) is 4. The maximum atomic E-state index is 11.3. The maximum Gasteiger partial charge on any atom is 0.329 e. The molecule has 0 bridgehead atoms. The van der Waals surface area contributed by atoms with Crippen molar-refractivity contribution in [3.05, 3.63) is 66.7 Å². The lowest BCUT2D eigenvalue weighted by molar-refractivity contribution is -0.00197. The van der Waals surface area contributed by atoms with Gasteiger partial charge in [-0.25, -0.2) is 9.10 Å². The number of primary amides is 1. The highest BCUT2D eigenvalue weighted by atomic mass is 32.1. The first-order valence-electron chi connectivity index (χ1n) is 9.27. The average molecular weight is 397 g/mol. The van der Waals surface area contributed by atoms with E-state index in [4.69, 9.17) is 15.2 Å². The van der Waals surface area contributed by atoms with Gasteiger partial charge >= 0.3 is 6.03 Å². The summed E-state index contributed by atoms with van der Waals surface area (Å²) in [6.45, 7) is 2.12. The molecule has 1 unspecified atom stereocenters. The highest BCUT2D eigenvalue weighted by Crippen LogP contribution is 2.26. The number of unbranched alkanes of at least 4 members (excludes halogenated alkanes) is 1. The Bertz CT molecular complexity index is 948. The molecule has 0 fully saturated rings. The summed E-state index contributed by atoms with van der Waals surface area (Å²) in [6, 6.07) is 20.5. The second-order valence-electron chi connectivity index (χ2n) is 6.46. The number of nitrogens with zero attached hydrogens (tertiary/aromatic N) is 1. The lowest BCUT2D eigenvalue weighted by Crippen LogP contribution is -2.27. The third-order valence-electron chi connectivity index (χ3n) is 4.32. The van der Waals surface area contributed by atoms with Gasteiger partial charge in [0.05, 0.1) is 5.69 Å². The van der Waals surface area contributed by atoms with E-state index in [1.165, 1.54) is 0 Å². The van der Waals surface area contributed by atoms with E-state index >= 15 is 0 Å². The van der Waals surface area contributed by atoms with Crippen LogP contribution in [0.3, 0.4) is 0 Å². The molecular weight excluding hydrogens is 372 g/mol. The van der Waals surface area contributed by atoms with Gasteiger partial charge in [0, 0.05) is 12.5 Å². The quantitative estimate of drug-likeness (QED) is 0.388. The van der Waals surface area contributed by atoms with E-state index in [9.17, 15) is 4.79 Å². The van der Waals surface area contributed by atoms with Gasteiger partial charge in [0.15, 0.2) is 0 Å². The van der Waals surface area contributed by atoms with Crippen LogP contribution in [0.5, 0.6) is 11.5 Å². The first kappa shape index (κ1) is 19.9. The minimum absolute atomic E-state index is 0.446. The van der Waals surface area contributed by atoms with Crippen molar-refractivity contribution in [3.63, 3.8) is 0 Å². The van der Waals surface area contributed by atoms with Gasteiger partial charge in [-0.1, -0.05) is 62.6 Å². The Hall–Kier alpha value is -2.86. The number of nitrogens with two attached hydrogens (primary N) is 1. The summed E-state index contributed by atoms with van der Waals surface area (Å²) in [5.74, 6) is 1.34. The van der Waals surface area contributed by atoms with Gasteiger partial charge in [0.25, 0.3) is 0 Å². The lowest BCUT2D eigenvalue weighted by Gasteiger charge is -2.22. The third-order valence-corrected chi connectivity index (χ3v) is 4.75. The number of carbonyl (C=O) groups is 1. The van der Waals surface area contributed by atoms with Gasteiger partial charge < -0.3 is 15.2 Å². The SMILES string of the molecule is CCCCC(Oc1cccc(N(S)C(N)=O)c1)Oc1ccc2ccccc2c1. The highest BCUT2D eigenvalue weighted by Gasteiger charge is 2.14. The molecule has 0 aromatic heterocycles. The molecule has 28 heavy (non-hydrogen) atoms. The summed E-state index contributed by atoms with van der Waals surface area (Å²) in [6.07, 6.45) is 2.30. The predicted molar refractivity (Wildman–Crippen MR) is 116 cm³/mol. The summed E-state index contributed by atoms with van der Waals surface area (Å²) in [4.78, 5) is 11.3. The molecule has 2 amide bonds. The number of carbonyl (C=O) groups excluding carboxylic acids is 1. The zero-order chi connectivity index (χ0) is 19.9. The molecule has 3 aromatic rings. The Morgan fingerprint density at radius 1 is 1.00 bits per heavy atom. The topological polar surface area (TPSA) is 64.8 Å². The maximum absolute atomic E-state index is 11.3. The van der Waals surface area contributed by atoms with Crippen molar-refractivity contribution in [2.45, 2.75) is 32.5 Å². The van der Waals surface area contributed by atoms with E-state index in [2.05, 4.69) is 31.9 Å². The van der Waals surface area contributed by atoms with Gasteiger partial charge in [-0.2, -0.15) is 0 Å². The molecule has 3 rings (SSSR count). The standard InChI is InChI=1S/C22H24N2O3S/c1-2-3-11-21(26-19-10-6-9-18(15-19)24(28)22(23)25)27-20-13-12-16-7-4-5-8-17(16)14-20/h4-10,12-15,21,28H,2-3,11H2,1H3,(H2,23,25). The van der Waals surface area contributed by atoms with Crippen LogP contribution in [0.4, 0.5) is 10.5 Å². The Kier molecular flexibility index (Phi) is 6.66. The van der Waals surface area contributed by atoms with E-state index < -0.39 is 12.3 Å². The second-order valence-corrected chi connectivity index (χ2v) is 6.86. The van der Waals surface area contributed by atoms with Crippen LogP contribution in [0.25, 0.3) is 10.8 Å². The smallest absolute Gasteiger partial charge is 0.329 e. The summed E-state index contributed by atoms with van der Waals surface area (Å²) in [7, 11) is 0. The summed E-state index contributed by atoms with van der Waals surface area (Å²) >= 11 is 4.10. The fraction of sp³-hybridized carbons (Fsp3) is 0.227. The van der Waals surface area contributed by atoms with Crippen molar-refractivity contribution in [3.8, 4) is 11.5 Å². The molecule has 0 spiro atoms. The molecule has 0 saturated heterocycles. The van der Waals surface area contributed by atoms with Crippen LogP contribution in [-0.2, 0) is 0 Å². The first-order valence-corrected chi connectivity index (χ1v) is 9.67. The minimum atomic E-state index is -0.657. The Morgan fingerprint density at radius 3 is 2.43 bits per heavy atom. The number of fused-ring (bicyclic) bond motifs is 1. The number of anilines is 1. The molecule has 146 valence electrons. The van der Waals surface area contributed by atoms with Crippen molar-refractivity contribution in [1.82, 2.24) is 0 Å². The molecule has 1 atom stereocenters. The normalized spacial score (nSPS) is 11.8. The van der Waals surface area contributed by atoms with Gasteiger partial charge in [-0.3, -0.25) is 0 Å². The van der Waals surface area contributed by atoms with E-state index in [0.29, 0.717) is 11.4 Å². The van der Waals surface area contributed by atoms with Gasteiger partial charge in [-0.15, -0.1) is 0 Å². The summed E-state index contributed by atoms with van der Waals surface area (Å²) < 4.78 is 13.3. The fourth-order valence-electron chi connectivity index (χ4n) is 2.87. The third kappa shape index (κ3) is 5.10. The second kappa shape index (κ2) is 9.37. The fourth-order valence-corrected chi connectivity index (χ4v) is 3.00. The predicted octanol–water partition coefficient (Wildman–Crippen LogP) is 5.54. The summed E-state index contributed by atoms with van der Waals surface area (Å²) in [5, 5.41) is 2.28. The van der Waals surface area contributed by atoms with Crippen LogP contribution in [0.15, 0.2) is 66.7 Å². The zero-order valence-electron chi connectivity index (χ0n) is 15.7. The van der Waals surface area contributed by atoms with Crippen molar-refractivity contribution in [1.29, 1.82) is 0 Å². The molecule has 5 nitrogen and oxygen atoms in total. The van der Waals surface area contributed by atoms with Crippen molar-refractivity contribution < 1.29 is 14.3 Å². The molecule has 3 aromatic carbocycles. The molecule has 0 heterocycles. The van der Waals surface area contributed by atoms with Crippen LogP contribution >= 0.6 is 12.8 Å². The summed E-state index contributed by atoms with van der Waals surface area (Å²) in [5.41, 5.74) is 5.81. The molecule has 2 N–H and O–H groups in total. The van der Waals surface area contributed by atoms with Crippen LogP contribution in [0.2, 0.25) is 0 Å². The Morgan fingerprint density at radius 2 is 1.71 bits per heavy atom. The molecule has 6 heteroatoms. The van der Waals surface area contributed by atoms with Crippen molar-refractivity contribution in [2.24, 2.45) is 5.73 Å². The zero-order valence-corrected chi connectivity index (χ0v) is 16.6. The number of amides is 2. The largest absolute Gasteiger partial charge is 0.455 e. The van der Waals surface area contributed by atoms with Crippen molar-refractivity contribution >= 4 is 35.3 Å². The Balaban J connectivity index is 1.78. The average Bonchev–Trinajstić information content (AvgIpc) is 2.71. The van der Waals surface area contributed by atoms with E-state index in [1.54, 1.807) is 18.2 Å². The van der Waals surface area contributed by atoms with E-state index in [-0.39, 0.29) is 0 Å². The number of rotatable bonds is 8. The van der Waals surface area contributed by atoms with Crippen LogP contribution in [0.1, 0.15) is 26.2 Å². The van der Waals surface area contributed by atoms with Crippen LogP contribution in [0, 0.1) is 0 Å². The van der Waals surface area contributed by atoms with Gasteiger partial charge in [0.2, 0.25) is 6.29 Å². The molecule has 0 aliphatic rings. The number of thiol groups is 1. The molecule has 0 saturated carbocycles. The highest BCUT2D eigenvalue weighted by molar-refractivity contribution is 7.82. The number of urea groups is 1. The minimum Gasteiger partial charge on any atom is -0.455 e. The molecule has 0 aliphatic carbocycles. The van der Waals surface area contributed by atoms with Crippen LogP contribution < -0.4 is 19.5 Å². The Labute approximate surface area is 170 Å². The number of ether oxygens (including phenoxy) is 2. The lowest BCUT2D eigenvalue weighted by atomic mass is 10.1. The van der Waals surface area contributed by atoms with E-state index in [0.717, 1.165) is 40.1 Å². The van der Waals surface area contributed by atoms with Crippen LogP contribution in [-0.4, -0.2) is 12.3 Å². The monoisotopic (exact) mass is 396 g/mol. The van der Waals surface area contributed by atoms with E-state index in [1.807, 2.05) is 36.4 Å².